The Balaban J connectivity index is 1.96. The number of methoxy groups -OCH3 is 1. The number of ether oxygens (including phenoxy) is 1. The molecule has 1 N–H and O–H groups in total. The van der Waals surface area contributed by atoms with Gasteiger partial charge in [-0.25, -0.2) is 8.42 Å². The summed E-state index contributed by atoms with van der Waals surface area (Å²) < 4.78 is 32.0. The quantitative estimate of drug-likeness (QED) is 0.451. The van der Waals surface area contributed by atoms with E-state index >= 15 is 0 Å². The van der Waals surface area contributed by atoms with E-state index in [1.54, 1.807) is 12.1 Å². The van der Waals surface area contributed by atoms with Crippen molar-refractivity contribution in [3.05, 3.63) is 58.6 Å². The smallest absolute Gasteiger partial charge is 0.244 e. The lowest BCUT2D eigenvalue weighted by Gasteiger charge is -2.33. The van der Waals surface area contributed by atoms with Crippen LogP contribution in [0.4, 0.5) is 5.69 Å². The fourth-order valence-electron chi connectivity index (χ4n) is 4.63. The Morgan fingerprint density at radius 1 is 1.14 bits per heavy atom. The number of hydrogen-bond donors (Lipinski definition) is 1. The molecule has 0 unspecified atom stereocenters. The Bertz CT molecular complexity index is 1200. The summed E-state index contributed by atoms with van der Waals surface area (Å²) in [5.74, 6) is -0.457. The van der Waals surface area contributed by atoms with Gasteiger partial charge in [-0.3, -0.25) is 13.9 Å². The molecule has 0 radical (unpaired) electrons. The van der Waals surface area contributed by atoms with Crippen LogP contribution in [0.1, 0.15) is 50.2 Å². The fourth-order valence-corrected chi connectivity index (χ4v) is 5.64. The Morgan fingerprint density at radius 2 is 1.78 bits per heavy atom. The molecule has 0 aliphatic heterocycles. The summed E-state index contributed by atoms with van der Waals surface area (Å²) in [4.78, 5) is 28.7. The van der Waals surface area contributed by atoms with Crippen molar-refractivity contribution in [2.24, 2.45) is 0 Å². The monoisotopic (exact) mass is 549 g/mol. The van der Waals surface area contributed by atoms with Gasteiger partial charge in [-0.2, -0.15) is 0 Å². The van der Waals surface area contributed by atoms with Crippen LogP contribution in [0, 0.1) is 6.92 Å². The molecule has 0 aromatic heterocycles. The highest BCUT2D eigenvalue weighted by atomic mass is 35.5. The van der Waals surface area contributed by atoms with Crippen molar-refractivity contribution in [1.82, 2.24) is 10.2 Å². The number of hydrogen-bond acceptors (Lipinski definition) is 5. The third-order valence-corrected chi connectivity index (χ3v) is 8.01. The van der Waals surface area contributed by atoms with Gasteiger partial charge >= 0.3 is 0 Å². The zero-order chi connectivity index (χ0) is 27.2. The predicted molar refractivity (Wildman–Crippen MR) is 146 cm³/mol. The van der Waals surface area contributed by atoms with Crippen LogP contribution in [0.25, 0.3) is 0 Å². The molecule has 1 fully saturated rings. The number of nitrogens with zero attached hydrogens (tertiary/aromatic N) is 2. The van der Waals surface area contributed by atoms with Gasteiger partial charge in [-0.05, 0) is 49.9 Å². The van der Waals surface area contributed by atoms with E-state index in [9.17, 15) is 18.0 Å². The standard InChI is InChI=1S/C27H36ClN3O5S/c1-5-23(27(33)29-22-8-6-7-9-22)30(17-20-12-10-19(2)11-13-20)26(32)18-31(37(4,34)35)24-16-21(28)14-15-25(24)36-3/h10-16,22-23H,5-9,17-18H2,1-4H3,(H,29,33)/t23-/m0/s1. The first-order chi connectivity index (χ1) is 17.5. The Kier molecular flexibility index (Phi) is 9.84. The second-order valence-corrected chi connectivity index (χ2v) is 11.9. The summed E-state index contributed by atoms with van der Waals surface area (Å²) in [5, 5.41) is 3.40. The largest absolute Gasteiger partial charge is 0.495 e. The topological polar surface area (TPSA) is 96.0 Å². The van der Waals surface area contributed by atoms with Crippen molar-refractivity contribution < 1.29 is 22.7 Å². The number of carbonyl (C=O) groups is 2. The van der Waals surface area contributed by atoms with Crippen LogP contribution < -0.4 is 14.4 Å². The molecule has 202 valence electrons. The van der Waals surface area contributed by atoms with Gasteiger partial charge in [-0.1, -0.05) is 61.2 Å². The van der Waals surface area contributed by atoms with Gasteiger partial charge in [0.05, 0.1) is 19.1 Å². The number of aryl methyl sites for hydroxylation is 1. The van der Waals surface area contributed by atoms with Crippen molar-refractivity contribution >= 4 is 39.1 Å². The molecular weight excluding hydrogens is 514 g/mol. The molecule has 2 aromatic rings. The van der Waals surface area contributed by atoms with Gasteiger partial charge in [0.1, 0.15) is 18.3 Å². The number of sulfonamides is 1. The molecule has 1 atom stereocenters. The first-order valence-electron chi connectivity index (χ1n) is 12.5. The van der Waals surface area contributed by atoms with Gasteiger partial charge < -0.3 is 15.0 Å². The Hall–Kier alpha value is -2.78. The molecule has 1 saturated carbocycles. The minimum absolute atomic E-state index is 0.0983. The molecule has 0 bridgehead atoms. The van der Waals surface area contributed by atoms with E-state index in [1.165, 1.54) is 18.1 Å². The molecule has 0 spiro atoms. The Morgan fingerprint density at radius 3 is 2.35 bits per heavy atom. The number of carbonyl (C=O) groups excluding carboxylic acids is 2. The average molecular weight is 550 g/mol. The second kappa shape index (κ2) is 12.6. The molecule has 8 nitrogen and oxygen atoms in total. The third kappa shape index (κ3) is 7.61. The summed E-state index contributed by atoms with van der Waals surface area (Å²) in [5.41, 5.74) is 2.07. The number of nitrogens with one attached hydrogen (secondary N) is 1. The zero-order valence-corrected chi connectivity index (χ0v) is 23.4. The molecule has 3 rings (SSSR count). The lowest BCUT2D eigenvalue weighted by atomic mass is 10.1. The molecule has 10 heteroatoms. The van der Waals surface area contributed by atoms with Crippen LogP contribution in [0.5, 0.6) is 5.75 Å². The molecule has 1 aliphatic carbocycles. The van der Waals surface area contributed by atoms with Crippen LogP contribution >= 0.6 is 11.6 Å². The van der Waals surface area contributed by atoms with Crippen LogP contribution in [0.3, 0.4) is 0 Å². The number of amides is 2. The maximum absolute atomic E-state index is 13.8. The van der Waals surface area contributed by atoms with E-state index in [0.717, 1.165) is 47.4 Å². The van der Waals surface area contributed by atoms with E-state index < -0.39 is 28.5 Å². The van der Waals surface area contributed by atoms with Crippen LogP contribution in [-0.4, -0.2) is 57.1 Å². The molecule has 37 heavy (non-hydrogen) atoms. The predicted octanol–water partition coefficient (Wildman–Crippen LogP) is 4.29. The van der Waals surface area contributed by atoms with Crippen molar-refractivity contribution in [3.8, 4) is 5.75 Å². The van der Waals surface area contributed by atoms with Gasteiger partial charge in [0, 0.05) is 17.6 Å². The third-order valence-electron chi connectivity index (χ3n) is 6.65. The molecule has 0 saturated heterocycles. The molecular formula is C27H36ClN3O5S. The van der Waals surface area contributed by atoms with Crippen molar-refractivity contribution in [2.45, 2.75) is 64.6 Å². The van der Waals surface area contributed by atoms with E-state index in [-0.39, 0.29) is 29.9 Å². The maximum Gasteiger partial charge on any atom is 0.244 e. The fraction of sp³-hybridized carbons (Fsp3) is 0.481. The number of benzene rings is 2. The van der Waals surface area contributed by atoms with E-state index in [1.807, 2.05) is 38.1 Å². The van der Waals surface area contributed by atoms with E-state index in [0.29, 0.717) is 11.4 Å². The minimum Gasteiger partial charge on any atom is -0.495 e. The van der Waals surface area contributed by atoms with Crippen LogP contribution in [-0.2, 0) is 26.2 Å². The minimum atomic E-state index is -3.90. The molecule has 1 aliphatic rings. The number of anilines is 1. The van der Waals surface area contributed by atoms with Crippen LogP contribution in [0.15, 0.2) is 42.5 Å². The molecule has 0 heterocycles. The van der Waals surface area contributed by atoms with Gasteiger partial charge in [-0.15, -0.1) is 0 Å². The summed E-state index contributed by atoms with van der Waals surface area (Å²) in [7, 11) is -2.48. The number of rotatable bonds is 11. The van der Waals surface area contributed by atoms with Gasteiger partial charge in [0.25, 0.3) is 0 Å². The highest BCUT2D eigenvalue weighted by molar-refractivity contribution is 7.92. The van der Waals surface area contributed by atoms with Crippen molar-refractivity contribution in [1.29, 1.82) is 0 Å². The van der Waals surface area contributed by atoms with Gasteiger partial charge in [0.15, 0.2) is 0 Å². The average Bonchev–Trinajstić information content (AvgIpc) is 3.35. The van der Waals surface area contributed by atoms with Crippen molar-refractivity contribution in [2.75, 3.05) is 24.2 Å². The summed E-state index contributed by atoms with van der Waals surface area (Å²) in [6.07, 6.45) is 5.39. The lowest BCUT2D eigenvalue weighted by Crippen LogP contribution is -2.53. The highest BCUT2D eigenvalue weighted by Gasteiger charge is 2.33. The second-order valence-electron chi connectivity index (χ2n) is 9.51. The van der Waals surface area contributed by atoms with Gasteiger partial charge in [0.2, 0.25) is 21.8 Å². The lowest BCUT2D eigenvalue weighted by molar-refractivity contribution is -0.140. The first-order valence-corrected chi connectivity index (χ1v) is 14.7. The summed E-state index contributed by atoms with van der Waals surface area (Å²) in [6.45, 7) is 3.48. The Labute approximate surface area is 225 Å². The molecule has 2 aromatic carbocycles. The normalized spacial score (nSPS) is 14.7. The van der Waals surface area contributed by atoms with Crippen molar-refractivity contribution in [3.63, 3.8) is 0 Å². The molecule has 2 amide bonds. The van der Waals surface area contributed by atoms with E-state index in [4.69, 9.17) is 16.3 Å². The van der Waals surface area contributed by atoms with Crippen LogP contribution in [0.2, 0.25) is 5.02 Å². The zero-order valence-electron chi connectivity index (χ0n) is 21.9. The summed E-state index contributed by atoms with van der Waals surface area (Å²) in [6, 6.07) is 11.6. The highest BCUT2D eigenvalue weighted by Crippen LogP contribution is 2.33. The summed E-state index contributed by atoms with van der Waals surface area (Å²) >= 11 is 6.16. The maximum atomic E-state index is 13.8. The first kappa shape index (κ1) is 28.8. The SMILES string of the molecule is CC[C@@H](C(=O)NC1CCCC1)N(Cc1ccc(C)cc1)C(=O)CN(c1cc(Cl)ccc1OC)S(C)(=O)=O. The number of halogens is 1. The van der Waals surface area contributed by atoms with E-state index in [2.05, 4.69) is 5.32 Å².